The predicted molar refractivity (Wildman–Crippen MR) is 105 cm³/mol. The molecule has 3 heteroatoms. The minimum absolute atomic E-state index is 0.144. The molecule has 24 heavy (non-hydrogen) atoms. The van der Waals surface area contributed by atoms with E-state index >= 15 is 0 Å². The van der Waals surface area contributed by atoms with Crippen LogP contribution in [-0.2, 0) is 4.43 Å². The van der Waals surface area contributed by atoms with E-state index < -0.39 is 9.04 Å². The molecule has 0 spiro atoms. The van der Waals surface area contributed by atoms with Crippen LogP contribution in [0.15, 0.2) is 60.7 Å². The van der Waals surface area contributed by atoms with E-state index in [4.69, 9.17) is 4.43 Å². The van der Waals surface area contributed by atoms with Gasteiger partial charge < -0.3 is 9.74 Å². The summed E-state index contributed by atoms with van der Waals surface area (Å²) >= 11 is 0. The van der Waals surface area contributed by atoms with Gasteiger partial charge in [-0.15, -0.1) is 0 Å². The first-order valence-electron chi connectivity index (χ1n) is 9.02. The molecule has 1 heterocycles. The Hall–Kier alpha value is -1.42. The van der Waals surface area contributed by atoms with E-state index in [-0.39, 0.29) is 11.5 Å². The average Bonchev–Trinajstić information content (AvgIpc) is 3.10. The standard InChI is InChI=1S/C21H29NOSi/c1-21(2,3)20(17-14-15-22-16-17)23-24(18-10-6-4-7-11-18)19-12-8-5-9-13-19/h4-13,17,20,22,24H,14-16H2,1-3H3. The van der Waals surface area contributed by atoms with Crippen molar-refractivity contribution in [1.29, 1.82) is 0 Å². The van der Waals surface area contributed by atoms with Gasteiger partial charge in [0.1, 0.15) is 0 Å². The van der Waals surface area contributed by atoms with Gasteiger partial charge in [0.25, 0.3) is 0 Å². The van der Waals surface area contributed by atoms with Gasteiger partial charge in [-0.1, -0.05) is 81.4 Å². The minimum atomic E-state index is -1.69. The smallest absolute Gasteiger partial charge is 0.240 e. The molecule has 2 nitrogen and oxygen atoms in total. The summed E-state index contributed by atoms with van der Waals surface area (Å²) < 4.78 is 6.97. The summed E-state index contributed by atoms with van der Waals surface area (Å²) in [6.45, 7) is 9.14. The van der Waals surface area contributed by atoms with Crippen LogP contribution in [0, 0.1) is 11.3 Å². The topological polar surface area (TPSA) is 21.3 Å². The number of benzene rings is 2. The third-order valence-corrected chi connectivity index (χ3v) is 7.41. The lowest BCUT2D eigenvalue weighted by molar-refractivity contribution is 0.0426. The zero-order chi connectivity index (χ0) is 17.0. The van der Waals surface area contributed by atoms with Crippen molar-refractivity contribution in [2.75, 3.05) is 13.1 Å². The van der Waals surface area contributed by atoms with Crippen LogP contribution in [0.1, 0.15) is 27.2 Å². The van der Waals surface area contributed by atoms with E-state index in [0.717, 1.165) is 13.1 Å². The Labute approximate surface area is 148 Å². The largest absolute Gasteiger partial charge is 0.407 e. The Bertz CT molecular complexity index is 578. The lowest BCUT2D eigenvalue weighted by atomic mass is 9.81. The quantitative estimate of drug-likeness (QED) is 0.846. The molecule has 0 bridgehead atoms. The van der Waals surface area contributed by atoms with E-state index in [0.29, 0.717) is 5.92 Å². The van der Waals surface area contributed by atoms with Crippen molar-refractivity contribution in [3.05, 3.63) is 60.7 Å². The molecule has 2 aromatic rings. The number of nitrogens with one attached hydrogen (secondary N) is 1. The van der Waals surface area contributed by atoms with Gasteiger partial charge in [-0.05, 0) is 34.7 Å². The van der Waals surface area contributed by atoms with Crippen molar-refractivity contribution in [2.45, 2.75) is 33.3 Å². The Balaban J connectivity index is 1.93. The summed E-state index contributed by atoms with van der Waals surface area (Å²) in [7, 11) is -1.69. The van der Waals surface area contributed by atoms with Crippen LogP contribution in [-0.4, -0.2) is 28.2 Å². The van der Waals surface area contributed by atoms with Crippen LogP contribution in [0.4, 0.5) is 0 Å². The van der Waals surface area contributed by atoms with Gasteiger partial charge in [-0.2, -0.15) is 0 Å². The molecule has 0 aliphatic carbocycles. The molecule has 0 aromatic heterocycles. The normalized spacial score (nSPS) is 19.6. The van der Waals surface area contributed by atoms with Gasteiger partial charge in [-0.25, -0.2) is 0 Å². The molecule has 0 saturated carbocycles. The van der Waals surface area contributed by atoms with Crippen molar-refractivity contribution < 1.29 is 4.43 Å². The summed E-state index contributed by atoms with van der Waals surface area (Å²) in [5, 5.41) is 6.24. The first kappa shape index (κ1) is 17.4. The Morgan fingerprint density at radius 2 is 1.50 bits per heavy atom. The zero-order valence-electron chi connectivity index (χ0n) is 15.0. The zero-order valence-corrected chi connectivity index (χ0v) is 16.2. The fourth-order valence-electron chi connectivity index (χ4n) is 3.71. The molecular formula is C21H29NOSi. The molecule has 2 atom stereocenters. The monoisotopic (exact) mass is 339 g/mol. The molecule has 0 amide bonds. The molecule has 1 saturated heterocycles. The highest BCUT2D eigenvalue weighted by Crippen LogP contribution is 2.32. The Morgan fingerprint density at radius 1 is 0.958 bits per heavy atom. The Morgan fingerprint density at radius 3 is 1.92 bits per heavy atom. The molecule has 2 unspecified atom stereocenters. The molecule has 3 rings (SSSR count). The second-order valence-corrected chi connectivity index (χ2v) is 10.2. The molecule has 128 valence electrons. The summed E-state index contributed by atoms with van der Waals surface area (Å²) in [5.41, 5.74) is 0.144. The minimum Gasteiger partial charge on any atom is -0.407 e. The van der Waals surface area contributed by atoms with Crippen molar-refractivity contribution in [3.63, 3.8) is 0 Å². The molecule has 1 fully saturated rings. The second-order valence-electron chi connectivity index (χ2n) is 7.88. The van der Waals surface area contributed by atoms with Gasteiger partial charge in [-0.3, -0.25) is 0 Å². The van der Waals surface area contributed by atoms with Crippen LogP contribution in [0.3, 0.4) is 0 Å². The summed E-state index contributed by atoms with van der Waals surface area (Å²) in [5.74, 6) is 0.604. The average molecular weight is 340 g/mol. The van der Waals surface area contributed by atoms with Crippen LogP contribution in [0.5, 0.6) is 0 Å². The number of hydrogen-bond acceptors (Lipinski definition) is 2. The lowest BCUT2D eigenvalue weighted by Gasteiger charge is -2.38. The third-order valence-electron chi connectivity index (χ3n) is 4.87. The van der Waals surface area contributed by atoms with Gasteiger partial charge in [0.05, 0.1) is 6.10 Å². The summed E-state index contributed by atoms with van der Waals surface area (Å²) in [6, 6.07) is 21.6. The van der Waals surface area contributed by atoms with Gasteiger partial charge in [0.15, 0.2) is 0 Å². The van der Waals surface area contributed by atoms with Crippen molar-refractivity contribution >= 4 is 19.4 Å². The summed E-state index contributed by atoms with van der Waals surface area (Å²) in [6.07, 6.45) is 1.50. The van der Waals surface area contributed by atoms with Crippen LogP contribution in [0.25, 0.3) is 0 Å². The highest BCUT2D eigenvalue weighted by atomic mass is 28.3. The first-order valence-corrected chi connectivity index (χ1v) is 10.6. The fourth-order valence-corrected chi connectivity index (χ4v) is 6.48. The highest BCUT2D eigenvalue weighted by molar-refractivity contribution is 6.80. The van der Waals surface area contributed by atoms with Gasteiger partial charge in [0.2, 0.25) is 9.04 Å². The van der Waals surface area contributed by atoms with E-state index in [1.54, 1.807) is 0 Å². The molecule has 1 aliphatic rings. The molecule has 0 radical (unpaired) electrons. The van der Waals surface area contributed by atoms with E-state index in [1.807, 2.05) is 0 Å². The van der Waals surface area contributed by atoms with Crippen LogP contribution in [0.2, 0.25) is 0 Å². The van der Waals surface area contributed by atoms with Crippen LogP contribution >= 0.6 is 0 Å². The third kappa shape index (κ3) is 4.15. The molecule has 1 aliphatic heterocycles. The molecule has 1 N–H and O–H groups in total. The number of rotatable bonds is 5. The van der Waals surface area contributed by atoms with Crippen LogP contribution < -0.4 is 15.7 Å². The van der Waals surface area contributed by atoms with Crippen molar-refractivity contribution in [1.82, 2.24) is 5.32 Å². The number of hydrogen-bond donors (Lipinski definition) is 1. The summed E-state index contributed by atoms with van der Waals surface area (Å²) in [4.78, 5) is 0. The fraction of sp³-hybridized carbons (Fsp3) is 0.429. The second kappa shape index (κ2) is 7.64. The van der Waals surface area contributed by atoms with E-state index in [2.05, 4.69) is 86.8 Å². The maximum Gasteiger partial charge on any atom is 0.240 e. The SMILES string of the molecule is CC(C)(C)C(O[SiH](c1ccccc1)c1ccccc1)C1CCNC1. The lowest BCUT2D eigenvalue weighted by Crippen LogP contribution is -2.51. The van der Waals surface area contributed by atoms with E-state index in [1.165, 1.54) is 16.8 Å². The van der Waals surface area contributed by atoms with E-state index in [9.17, 15) is 0 Å². The van der Waals surface area contributed by atoms with Crippen molar-refractivity contribution in [2.24, 2.45) is 11.3 Å². The molecule has 2 aromatic carbocycles. The Kier molecular flexibility index (Phi) is 5.54. The first-order chi connectivity index (χ1) is 11.6. The maximum atomic E-state index is 6.97. The maximum absolute atomic E-state index is 6.97. The van der Waals surface area contributed by atoms with Gasteiger partial charge in [0, 0.05) is 6.54 Å². The molecular weight excluding hydrogens is 310 g/mol. The highest BCUT2D eigenvalue weighted by Gasteiger charge is 2.37. The van der Waals surface area contributed by atoms with Crippen molar-refractivity contribution in [3.8, 4) is 0 Å². The predicted octanol–water partition coefficient (Wildman–Crippen LogP) is 2.57. The van der Waals surface area contributed by atoms with Gasteiger partial charge >= 0.3 is 0 Å².